The van der Waals surface area contributed by atoms with Gasteiger partial charge in [0.25, 0.3) is 5.91 Å². The van der Waals surface area contributed by atoms with Crippen LogP contribution in [0.5, 0.6) is 0 Å². The van der Waals surface area contributed by atoms with Crippen LogP contribution in [0, 0.1) is 5.92 Å². The van der Waals surface area contributed by atoms with Crippen LogP contribution in [0.3, 0.4) is 0 Å². The van der Waals surface area contributed by atoms with Crippen LogP contribution in [0.15, 0.2) is 17.0 Å². The van der Waals surface area contributed by atoms with Gasteiger partial charge in [-0.15, -0.1) is 0 Å². The maximum absolute atomic E-state index is 12.7. The molecule has 1 saturated carbocycles. The highest BCUT2D eigenvalue weighted by Gasteiger charge is 2.41. The Morgan fingerprint density at radius 2 is 2.10 bits per heavy atom. The number of hydrogen-bond acceptors (Lipinski definition) is 6. The summed E-state index contributed by atoms with van der Waals surface area (Å²) in [5, 5.41) is 4.23. The lowest BCUT2D eigenvalue weighted by molar-refractivity contribution is -0.123. The maximum atomic E-state index is 12.7. The Labute approximate surface area is 170 Å². The van der Waals surface area contributed by atoms with Crippen LogP contribution >= 0.6 is 0 Å². The summed E-state index contributed by atoms with van der Waals surface area (Å²) in [6.07, 6.45) is 11.7. The average molecular weight is 399 g/mol. The third kappa shape index (κ3) is 3.82. The maximum Gasteiger partial charge on any atom is 0.274 e. The molecule has 4 heterocycles. The number of imidazole rings is 1. The summed E-state index contributed by atoms with van der Waals surface area (Å²) in [7, 11) is 1.88. The van der Waals surface area contributed by atoms with E-state index >= 15 is 0 Å². The number of rotatable bonds is 4. The van der Waals surface area contributed by atoms with Crippen molar-refractivity contribution in [2.24, 2.45) is 13.0 Å². The zero-order valence-corrected chi connectivity index (χ0v) is 17.0. The van der Waals surface area contributed by atoms with Gasteiger partial charge < -0.3 is 18.7 Å². The standard InChI is InChI=1S/C21H29N5O3/c1-25-13-17(22-14-25)20(27)26-8-6-21(7-9-26)12-15(5-10-28-21)11-18-23-19(29-24-18)16-3-2-4-16/h13-16H,2-12H2,1H3. The van der Waals surface area contributed by atoms with Crippen LogP contribution in [0.2, 0.25) is 0 Å². The van der Waals surface area contributed by atoms with Gasteiger partial charge in [-0.05, 0) is 44.4 Å². The molecule has 3 aliphatic rings. The van der Waals surface area contributed by atoms with Crippen molar-refractivity contribution in [2.45, 2.75) is 62.9 Å². The molecular weight excluding hydrogens is 370 g/mol. The van der Waals surface area contributed by atoms with Crippen molar-refractivity contribution in [2.75, 3.05) is 19.7 Å². The molecule has 1 spiro atoms. The molecule has 8 nitrogen and oxygen atoms in total. The summed E-state index contributed by atoms with van der Waals surface area (Å²) < 4.78 is 13.6. The first-order valence-corrected chi connectivity index (χ1v) is 10.8. The Kier molecular flexibility index (Phi) is 4.89. The molecule has 1 unspecified atom stereocenters. The molecular formula is C21H29N5O3. The molecule has 5 rings (SSSR count). The minimum Gasteiger partial charge on any atom is -0.375 e. The highest BCUT2D eigenvalue weighted by molar-refractivity contribution is 5.92. The second-order valence-corrected chi connectivity index (χ2v) is 8.99. The molecule has 8 heteroatoms. The fourth-order valence-corrected chi connectivity index (χ4v) is 4.88. The van der Waals surface area contributed by atoms with E-state index in [0.29, 0.717) is 17.5 Å². The van der Waals surface area contributed by atoms with Crippen molar-refractivity contribution in [3.63, 3.8) is 0 Å². The van der Waals surface area contributed by atoms with Gasteiger partial charge in [0.15, 0.2) is 5.82 Å². The Hall–Kier alpha value is -2.22. The van der Waals surface area contributed by atoms with Crippen LogP contribution in [0.25, 0.3) is 0 Å². The molecule has 1 aliphatic carbocycles. The van der Waals surface area contributed by atoms with Crippen LogP contribution in [0.1, 0.15) is 73.1 Å². The number of ether oxygens (including phenoxy) is 1. The fraction of sp³-hybridized carbons (Fsp3) is 0.714. The second-order valence-electron chi connectivity index (χ2n) is 8.99. The summed E-state index contributed by atoms with van der Waals surface area (Å²) >= 11 is 0. The number of piperidine rings is 1. The van der Waals surface area contributed by atoms with Gasteiger partial charge in [-0.3, -0.25) is 4.79 Å². The smallest absolute Gasteiger partial charge is 0.274 e. The molecule has 156 valence electrons. The number of carbonyl (C=O) groups excluding carboxylic acids is 1. The number of likely N-dealkylation sites (tertiary alicyclic amines) is 1. The van der Waals surface area contributed by atoms with E-state index in [1.54, 1.807) is 12.5 Å². The van der Waals surface area contributed by atoms with Crippen LogP contribution in [-0.4, -0.2) is 55.8 Å². The third-order valence-corrected chi connectivity index (χ3v) is 6.89. The topological polar surface area (TPSA) is 86.3 Å². The molecule has 2 aromatic rings. The van der Waals surface area contributed by atoms with Crippen molar-refractivity contribution in [1.82, 2.24) is 24.6 Å². The highest BCUT2D eigenvalue weighted by Crippen LogP contribution is 2.39. The number of nitrogens with zero attached hydrogens (tertiary/aromatic N) is 5. The first kappa shape index (κ1) is 18.8. The monoisotopic (exact) mass is 399 g/mol. The molecule has 29 heavy (non-hydrogen) atoms. The van der Waals surface area contributed by atoms with Crippen molar-refractivity contribution >= 4 is 5.91 Å². The summed E-state index contributed by atoms with van der Waals surface area (Å²) in [6.45, 7) is 2.21. The van der Waals surface area contributed by atoms with E-state index in [-0.39, 0.29) is 11.5 Å². The van der Waals surface area contributed by atoms with Gasteiger partial charge in [0.1, 0.15) is 5.69 Å². The first-order valence-electron chi connectivity index (χ1n) is 10.8. The van der Waals surface area contributed by atoms with Crippen molar-refractivity contribution in [3.8, 4) is 0 Å². The molecule has 2 aromatic heterocycles. The summed E-state index contributed by atoms with van der Waals surface area (Å²) in [5.74, 6) is 2.68. The van der Waals surface area contributed by atoms with Crippen molar-refractivity contribution < 1.29 is 14.1 Å². The summed E-state index contributed by atoms with van der Waals surface area (Å²) in [6, 6.07) is 0. The minimum absolute atomic E-state index is 0.0168. The van der Waals surface area contributed by atoms with Crippen LogP contribution in [-0.2, 0) is 18.2 Å². The van der Waals surface area contributed by atoms with Crippen LogP contribution < -0.4 is 0 Å². The number of aromatic nitrogens is 4. The van der Waals surface area contributed by atoms with E-state index in [2.05, 4.69) is 15.1 Å². The number of hydrogen-bond donors (Lipinski definition) is 0. The molecule has 0 aromatic carbocycles. The Morgan fingerprint density at radius 3 is 2.79 bits per heavy atom. The fourth-order valence-electron chi connectivity index (χ4n) is 4.88. The minimum atomic E-state index is -0.121. The predicted octanol–water partition coefficient (Wildman–Crippen LogP) is 2.71. The highest BCUT2D eigenvalue weighted by atomic mass is 16.5. The normalized spacial score (nSPS) is 24.6. The van der Waals surface area contributed by atoms with Gasteiger partial charge in [-0.2, -0.15) is 4.98 Å². The van der Waals surface area contributed by atoms with E-state index in [1.165, 1.54) is 19.3 Å². The first-order chi connectivity index (χ1) is 14.1. The van der Waals surface area contributed by atoms with Gasteiger partial charge in [0.2, 0.25) is 5.89 Å². The zero-order chi connectivity index (χ0) is 19.8. The molecule has 2 saturated heterocycles. The lowest BCUT2D eigenvalue weighted by Gasteiger charge is -2.46. The van der Waals surface area contributed by atoms with E-state index in [1.807, 2.05) is 16.5 Å². The Balaban J connectivity index is 1.17. The van der Waals surface area contributed by atoms with E-state index in [9.17, 15) is 4.79 Å². The molecule has 3 fully saturated rings. The Bertz CT molecular complexity index is 863. The average Bonchev–Trinajstić information content (AvgIpc) is 3.30. The largest absolute Gasteiger partial charge is 0.375 e. The number of aryl methyl sites for hydroxylation is 1. The molecule has 2 aliphatic heterocycles. The SMILES string of the molecule is Cn1cnc(C(=O)N2CCC3(CC2)CC(Cc2noc(C4CCC4)n2)CCO3)c1. The number of amides is 1. The van der Waals surface area contributed by atoms with E-state index < -0.39 is 0 Å². The van der Waals surface area contributed by atoms with E-state index in [4.69, 9.17) is 9.26 Å². The molecule has 0 bridgehead atoms. The van der Waals surface area contributed by atoms with Crippen molar-refractivity contribution in [1.29, 1.82) is 0 Å². The number of carbonyl (C=O) groups is 1. The van der Waals surface area contributed by atoms with E-state index in [0.717, 1.165) is 63.5 Å². The lowest BCUT2D eigenvalue weighted by Crippen LogP contribution is -2.51. The molecule has 1 amide bonds. The molecule has 0 N–H and O–H groups in total. The van der Waals surface area contributed by atoms with Gasteiger partial charge >= 0.3 is 0 Å². The van der Waals surface area contributed by atoms with Gasteiger partial charge in [0, 0.05) is 45.3 Å². The zero-order valence-electron chi connectivity index (χ0n) is 17.0. The predicted molar refractivity (Wildman–Crippen MR) is 104 cm³/mol. The quantitative estimate of drug-likeness (QED) is 0.786. The van der Waals surface area contributed by atoms with Gasteiger partial charge in [-0.25, -0.2) is 4.98 Å². The molecule has 0 radical (unpaired) electrons. The van der Waals surface area contributed by atoms with Gasteiger partial charge in [0.05, 0.1) is 11.9 Å². The third-order valence-electron chi connectivity index (χ3n) is 6.89. The molecule has 1 atom stereocenters. The van der Waals surface area contributed by atoms with Crippen molar-refractivity contribution in [3.05, 3.63) is 29.9 Å². The second kappa shape index (κ2) is 7.55. The Morgan fingerprint density at radius 1 is 1.28 bits per heavy atom. The van der Waals surface area contributed by atoms with Gasteiger partial charge in [-0.1, -0.05) is 11.6 Å². The summed E-state index contributed by atoms with van der Waals surface area (Å²) in [4.78, 5) is 23.4. The summed E-state index contributed by atoms with van der Waals surface area (Å²) in [5.41, 5.74) is 0.398. The lowest BCUT2D eigenvalue weighted by atomic mass is 9.78. The van der Waals surface area contributed by atoms with Crippen LogP contribution in [0.4, 0.5) is 0 Å².